The normalized spacial score (nSPS) is 18.6. The van der Waals surface area contributed by atoms with Gasteiger partial charge < -0.3 is 19.7 Å². The third kappa shape index (κ3) is 8.46. The average molecular weight is 680 g/mol. The summed E-state index contributed by atoms with van der Waals surface area (Å²) in [4.78, 5) is 45.8. The number of amides is 2. The topological polar surface area (TPSA) is 97.8 Å². The van der Waals surface area contributed by atoms with Gasteiger partial charge >= 0.3 is 5.97 Å². The summed E-state index contributed by atoms with van der Waals surface area (Å²) in [5, 5.41) is 2.85. The van der Waals surface area contributed by atoms with Crippen LogP contribution in [-0.2, 0) is 30.3 Å². The summed E-state index contributed by atoms with van der Waals surface area (Å²) in [6, 6.07) is 11.0. The molecule has 1 N–H and O–H groups in total. The maximum Gasteiger partial charge on any atom is 0.310 e. The van der Waals surface area contributed by atoms with E-state index < -0.39 is 23.6 Å². The van der Waals surface area contributed by atoms with Crippen LogP contribution < -0.4 is 5.32 Å². The molecular formula is C37H40ClF2N3O5. The Balaban J connectivity index is 1.42. The molecule has 3 heterocycles. The minimum Gasteiger partial charge on any atom is -0.463 e. The van der Waals surface area contributed by atoms with E-state index in [4.69, 9.17) is 21.1 Å². The van der Waals surface area contributed by atoms with E-state index in [2.05, 4.69) is 10.3 Å². The Bertz CT molecular complexity index is 1740. The zero-order chi connectivity index (χ0) is 34.6. The van der Waals surface area contributed by atoms with Crippen molar-refractivity contribution in [2.75, 3.05) is 25.1 Å². The van der Waals surface area contributed by atoms with Crippen molar-refractivity contribution in [1.29, 1.82) is 0 Å². The zero-order valence-corrected chi connectivity index (χ0v) is 28.3. The van der Waals surface area contributed by atoms with Gasteiger partial charge in [-0.1, -0.05) is 37.1 Å². The van der Waals surface area contributed by atoms with Crippen molar-refractivity contribution in [2.45, 2.75) is 71.4 Å². The fourth-order valence-electron chi connectivity index (χ4n) is 6.03. The Morgan fingerprint density at radius 2 is 1.88 bits per heavy atom. The molecule has 0 fully saturated rings. The predicted molar refractivity (Wildman–Crippen MR) is 180 cm³/mol. The van der Waals surface area contributed by atoms with Crippen LogP contribution in [0.5, 0.6) is 0 Å². The molecule has 8 nitrogen and oxygen atoms in total. The highest BCUT2D eigenvalue weighted by molar-refractivity contribution is 6.31. The molecule has 0 spiro atoms. The smallest absolute Gasteiger partial charge is 0.310 e. The van der Waals surface area contributed by atoms with Crippen LogP contribution in [-0.4, -0.2) is 53.0 Å². The molecule has 2 atom stereocenters. The number of hydrogen-bond donors (Lipinski definition) is 1. The van der Waals surface area contributed by atoms with Gasteiger partial charge in [0.1, 0.15) is 12.4 Å². The highest BCUT2D eigenvalue weighted by Crippen LogP contribution is 2.37. The van der Waals surface area contributed by atoms with Crippen LogP contribution in [0.15, 0.2) is 54.7 Å². The second-order valence-electron chi connectivity index (χ2n) is 13.2. The molecule has 5 rings (SSSR count). The Morgan fingerprint density at radius 3 is 2.62 bits per heavy atom. The van der Waals surface area contributed by atoms with Crippen molar-refractivity contribution >= 4 is 40.6 Å². The fraction of sp³-hybridized carbons (Fsp3) is 0.405. The first-order chi connectivity index (χ1) is 22.8. The lowest BCUT2D eigenvalue weighted by Crippen LogP contribution is -2.38. The summed E-state index contributed by atoms with van der Waals surface area (Å²) in [6.07, 6.45) is 4.91. The number of aromatic nitrogens is 1. The number of rotatable bonds is 7. The second-order valence-corrected chi connectivity index (χ2v) is 13.6. The molecule has 11 heteroatoms. The number of carbonyl (C=O) groups is 3. The average Bonchev–Trinajstić information content (AvgIpc) is 3.03. The van der Waals surface area contributed by atoms with Crippen molar-refractivity contribution in [3.63, 3.8) is 0 Å². The minimum absolute atomic E-state index is 0.0213. The standard InChI is InChI=1S/C37H40ClF2N3O5/c1-22-6-5-7-31(43-15-13-25(21-32(43)44)34-28(39)11-10-27(38)35(34)40)30-20-24(12-14-41-30)26-9-8-23(18-29(26)42-36(22)46)19-33(45)47-16-17-48-37(2,3)4/h8-12,14,18,20-22,31H,5-7,13,15-17,19H2,1-4H3,(H,42,46)/t22-,31+/m1/s1. The van der Waals surface area contributed by atoms with Gasteiger partial charge in [0.05, 0.1) is 41.0 Å². The lowest BCUT2D eigenvalue weighted by Gasteiger charge is -2.34. The summed E-state index contributed by atoms with van der Waals surface area (Å²) in [7, 11) is 0. The number of pyridine rings is 1. The van der Waals surface area contributed by atoms with E-state index in [0.717, 1.165) is 23.3 Å². The number of hydrogen-bond acceptors (Lipinski definition) is 6. The molecule has 2 bridgehead atoms. The van der Waals surface area contributed by atoms with Crippen molar-refractivity contribution < 1.29 is 32.6 Å². The van der Waals surface area contributed by atoms with Gasteiger partial charge in [-0.2, -0.15) is 0 Å². The van der Waals surface area contributed by atoms with Gasteiger partial charge in [-0.3, -0.25) is 19.4 Å². The third-order valence-electron chi connectivity index (χ3n) is 8.51. The molecule has 0 radical (unpaired) electrons. The SMILES string of the molecule is C[C@@H]1CCC[C@H](N2CCC(c3c(F)ccc(Cl)c3F)=CC2=O)c2cc(ccn2)-c2ccc(CC(=O)OCCOC(C)(C)C)cc2NC1=O. The molecule has 2 aliphatic rings. The van der Waals surface area contributed by atoms with Gasteiger partial charge in [-0.05, 0) is 87.1 Å². The molecule has 48 heavy (non-hydrogen) atoms. The largest absolute Gasteiger partial charge is 0.463 e. The summed E-state index contributed by atoms with van der Waals surface area (Å²) in [5.41, 5.74) is 3.02. The summed E-state index contributed by atoms with van der Waals surface area (Å²) < 4.78 is 40.4. The van der Waals surface area contributed by atoms with Gasteiger partial charge in [0.2, 0.25) is 11.8 Å². The number of benzene rings is 2. The van der Waals surface area contributed by atoms with Gasteiger partial charge in [0, 0.05) is 36.0 Å². The lowest BCUT2D eigenvalue weighted by molar-refractivity contribution is -0.146. The Kier molecular flexibility index (Phi) is 11.0. The highest BCUT2D eigenvalue weighted by atomic mass is 35.5. The summed E-state index contributed by atoms with van der Waals surface area (Å²) >= 11 is 5.92. The van der Waals surface area contributed by atoms with E-state index in [1.165, 1.54) is 6.08 Å². The van der Waals surface area contributed by atoms with Gasteiger partial charge in [0.25, 0.3) is 0 Å². The molecule has 2 aliphatic heterocycles. The molecule has 254 valence electrons. The molecule has 0 saturated carbocycles. The van der Waals surface area contributed by atoms with Crippen LogP contribution in [0.1, 0.15) is 76.2 Å². The fourth-order valence-corrected chi connectivity index (χ4v) is 6.18. The third-order valence-corrected chi connectivity index (χ3v) is 8.80. The quantitative estimate of drug-likeness (QED) is 0.156. The maximum absolute atomic E-state index is 14.8. The number of nitrogens with zero attached hydrogens (tertiary/aromatic N) is 2. The van der Waals surface area contributed by atoms with Gasteiger partial charge in [0.15, 0.2) is 5.82 Å². The van der Waals surface area contributed by atoms with Crippen LogP contribution in [0, 0.1) is 17.6 Å². The second kappa shape index (κ2) is 15.0. The lowest BCUT2D eigenvalue weighted by atomic mass is 9.92. The van der Waals surface area contributed by atoms with Gasteiger partial charge in [-0.25, -0.2) is 8.78 Å². The minimum atomic E-state index is -0.888. The highest BCUT2D eigenvalue weighted by Gasteiger charge is 2.31. The number of ether oxygens (including phenoxy) is 2. The van der Waals surface area contributed by atoms with Crippen LogP contribution in [0.25, 0.3) is 16.7 Å². The van der Waals surface area contributed by atoms with E-state index in [1.54, 1.807) is 17.2 Å². The number of anilines is 1. The molecule has 0 unspecified atom stereocenters. The molecule has 3 aromatic rings. The van der Waals surface area contributed by atoms with Crippen LogP contribution >= 0.6 is 11.6 Å². The van der Waals surface area contributed by atoms with E-state index in [1.807, 2.05) is 52.0 Å². The number of nitrogens with one attached hydrogen (secondary N) is 1. The summed E-state index contributed by atoms with van der Waals surface area (Å²) in [6.45, 7) is 8.29. The van der Waals surface area contributed by atoms with E-state index in [0.29, 0.717) is 36.2 Å². The summed E-state index contributed by atoms with van der Waals surface area (Å²) in [5.74, 6) is -2.94. The number of halogens is 3. The molecule has 2 aromatic carbocycles. The van der Waals surface area contributed by atoms with Crippen LogP contribution in [0.4, 0.5) is 14.5 Å². The molecule has 1 aromatic heterocycles. The first kappa shape index (κ1) is 35.2. The van der Waals surface area contributed by atoms with E-state index >= 15 is 0 Å². The Morgan fingerprint density at radius 1 is 1.08 bits per heavy atom. The van der Waals surface area contributed by atoms with Crippen LogP contribution in [0.2, 0.25) is 5.02 Å². The number of carbonyl (C=O) groups excluding carboxylic acids is 3. The zero-order valence-electron chi connectivity index (χ0n) is 27.6. The van der Waals surface area contributed by atoms with E-state index in [9.17, 15) is 23.2 Å². The first-order valence-electron chi connectivity index (χ1n) is 16.2. The van der Waals surface area contributed by atoms with Crippen molar-refractivity contribution in [2.24, 2.45) is 5.92 Å². The van der Waals surface area contributed by atoms with Crippen molar-refractivity contribution in [3.8, 4) is 11.1 Å². The maximum atomic E-state index is 14.8. The number of fused-ring (bicyclic) bond motifs is 4. The Hall–Kier alpha value is -4.15. The van der Waals surface area contributed by atoms with Crippen molar-refractivity contribution in [1.82, 2.24) is 9.88 Å². The van der Waals surface area contributed by atoms with Crippen LogP contribution in [0.3, 0.4) is 0 Å². The monoisotopic (exact) mass is 679 g/mol. The molecular weight excluding hydrogens is 640 g/mol. The Labute approximate surface area is 284 Å². The van der Waals surface area contributed by atoms with Crippen molar-refractivity contribution in [3.05, 3.63) is 88.2 Å². The first-order valence-corrected chi connectivity index (χ1v) is 16.5. The molecule has 2 amide bonds. The molecule has 0 aliphatic carbocycles. The van der Waals surface area contributed by atoms with E-state index in [-0.39, 0.29) is 72.1 Å². The molecule has 0 saturated heterocycles. The number of esters is 1. The van der Waals surface area contributed by atoms with Gasteiger partial charge in [-0.15, -0.1) is 0 Å². The predicted octanol–water partition coefficient (Wildman–Crippen LogP) is 7.70.